The van der Waals surface area contributed by atoms with Gasteiger partial charge in [0.1, 0.15) is 11.6 Å². The van der Waals surface area contributed by atoms with Gasteiger partial charge in [-0.1, -0.05) is 0 Å². The fraction of sp³-hybridized carbons (Fsp3) is 0.714. The molecule has 19 heavy (non-hydrogen) atoms. The van der Waals surface area contributed by atoms with Crippen molar-refractivity contribution in [2.75, 3.05) is 39.0 Å². The number of anilines is 1. The van der Waals surface area contributed by atoms with Crippen molar-refractivity contribution in [3.05, 3.63) is 17.1 Å². The summed E-state index contributed by atoms with van der Waals surface area (Å²) in [6.07, 6.45) is 3.47. The lowest BCUT2D eigenvalue weighted by Crippen LogP contribution is -2.32. The van der Waals surface area contributed by atoms with E-state index in [2.05, 4.69) is 22.6 Å². The van der Waals surface area contributed by atoms with E-state index in [-0.39, 0.29) is 0 Å². The van der Waals surface area contributed by atoms with E-state index in [9.17, 15) is 0 Å². The summed E-state index contributed by atoms with van der Waals surface area (Å²) in [4.78, 5) is 12.0. The number of hydrogen-bond donors (Lipinski definition) is 2. The van der Waals surface area contributed by atoms with E-state index in [4.69, 9.17) is 9.97 Å². The largest absolute Gasteiger partial charge is 0.373 e. The zero-order valence-electron chi connectivity index (χ0n) is 11.9. The molecule has 1 aromatic heterocycles. The van der Waals surface area contributed by atoms with Gasteiger partial charge in [-0.25, -0.2) is 9.97 Å². The van der Waals surface area contributed by atoms with Crippen molar-refractivity contribution in [3.8, 4) is 0 Å². The topological polar surface area (TPSA) is 53.1 Å². The highest BCUT2D eigenvalue weighted by Crippen LogP contribution is 2.27. The number of likely N-dealkylation sites (N-methyl/N-ethyl adjacent to an activating group) is 1. The van der Waals surface area contributed by atoms with Crippen LogP contribution in [0.25, 0.3) is 0 Å². The molecule has 0 radical (unpaired) electrons. The molecule has 5 nitrogen and oxygen atoms in total. The summed E-state index contributed by atoms with van der Waals surface area (Å²) in [6, 6.07) is 0. The van der Waals surface area contributed by atoms with Crippen LogP contribution in [0.1, 0.15) is 35.8 Å². The van der Waals surface area contributed by atoms with Gasteiger partial charge in [0.05, 0.1) is 5.69 Å². The Morgan fingerprint density at radius 1 is 1.37 bits per heavy atom. The number of fused-ring (bicyclic) bond motifs is 1. The Morgan fingerprint density at radius 3 is 3.00 bits per heavy atom. The minimum absolute atomic E-state index is 0.478. The molecule has 1 aromatic rings. The molecular formula is C14H23N5. The summed E-state index contributed by atoms with van der Waals surface area (Å²) >= 11 is 0. The maximum Gasteiger partial charge on any atom is 0.135 e. The molecule has 1 atom stereocenters. The molecule has 0 aromatic carbocycles. The van der Waals surface area contributed by atoms with E-state index >= 15 is 0 Å². The molecule has 0 spiro atoms. The number of nitrogens with zero attached hydrogens (tertiary/aromatic N) is 3. The molecule has 5 heteroatoms. The Kier molecular flexibility index (Phi) is 3.66. The highest BCUT2D eigenvalue weighted by molar-refractivity contribution is 5.47. The van der Waals surface area contributed by atoms with E-state index in [1.807, 2.05) is 7.05 Å². The van der Waals surface area contributed by atoms with Crippen molar-refractivity contribution in [2.24, 2.45) is 0 Å². The summed E-state index contributed by atoms with van der Waals surface area (Å²) in [7, 11) is 4.11. The monoisotopic (exact) mass is 261 g/mol. The second kappa shape index (κ2) is 5.43. The summed E-state index contributed by atoms with van der Waals surface area (Å²) in [5.41, 5.74) is 2.53. The van der Waals surface area contributed by atoms with Crippen LogP contribution in [-0.2, 0) is 13.0 Å². The second-order valence-corrected chi connectivity index (χ2v) is 5.64. The minimum atomic E-state index is 0.478. The standard InChI is InChI=1S/C14H23N5/c1-15-14-11-9-19(2)7-5-12(11)17-13(18-14)10-4-3-6-16-8-10/h10,16H,3-9H2,1-2H3,(H,15,17,18)/t10-/m1/s1. The number of hydrogen-bond acceptors (Lipinski definition) is 5. The summed E-state index contributed by atoms with van der Waals surface area (Å²) in [5.74, 6) is 2.53. The van der Waals surface area contributed by atoms with Crippen LogP contribution in [0.4, 0.5) is 5.82 Å². The fourth-order valence-corrected chi connectivity index (χ4v) is 3.03. The van der Waals surface area contributed by atoms with Gasteiger partial charge >= 0.3 is 0 Å². The molecule has 2 aliphatic rings. The molecule has 3 rings (SSSR count). The van der Waals surface area contributed by atoms with Gasteiger partial charge < -0.3 is 15.5 Å². The third-order valence-corrected chi connectivity index (χ3v) is 4.17. The van der Waals surface area contributed by atoms with Gasteiger partial charge in [0.25, 0.3) is 0 Å². The molecule has 0 saturated carbocycles. The van der Waals surface area contributed by atoms with Crippen molar-refractivity contribution in [1.29, 1.82) is 0 Å². The predicted octanol–water partition coefficient (Wildman–Crippen LogP) is 0.973. The Bertz CT molecular complexity index is 436. The lowest BCUT2D eigenvalue weighted by atomic mass is 9.97. The quantitative estimate of drug-likeness (QED) is 0.831. The highest BCUT2D eigenvalue weighted by Gasteiger charge is 2.24. The molecule has 3 heterocycles. The average molecular weight is 261 g/mol. The van der Waals surface area contributed by atoms with Crippen LogP contribution in [-0.4, -0.2) is 48.6 Å². The maximum absolute atomic E-state index is 4.86. The van der Waals surface area contributed by atoms with E-state index in [1.54, 1.807) is 0 Å². The van der Waals surface area contributed by atoms with Crippen LogP contribution >= 0.6 is 0 Å². The Morgan fingerprint density at radius 2 is 2.26 bits per heavy atom. The normalized spacial score (nSPS) is 24.0. The molecule has 0 bridgehead atoms. The van der Waals surface area contributed by atoms with E-state index in [0.29, 0.717) is 5.92 Å². The van der Waals surface area contributed by atoms with Gasteiger partial charge in [-0.3, -0.25) is 0 Å². The smallest absolute Gasteiger partial charge is 0.135 e. The Balaban J connectivity index is 1.94. The van der Waals surface area contributed by atoms with Crippen LogP contribution in [0, 0.1) is 0 Å². The van der Waals surface area contributed by atoms with Gasteiger partial charge in [0.15, 0.2) is 0 Å². The van der Waals surface area contributed by atoms with Crippen molar-refractivity contribution in [3.63, 3.8) is 0 Å². The van der Waals surface area contributed by atoms with Crippen LogP contribution in [0.3, 0.4) is 0 Å². The molecular weight excluding hydrogens is 238 g/mol. The third kappa shape index (κ3) is 2.58. The molecule has 0 unspecified atom stereocenters. The molecule has 2 N–H and O–H groups in total. The van der Waals surface area contributed by atoms with Crippen molar-refractivity contribution >= 4 is 5.82 Å². The summed E-state index contributed by atoms with van der Waals surface area (Å²) in [6.45, 7) is 4.19. The lowest BCUT2D eigenvalue weighted by Gasteiger charge is -2.28. The second-order valence-electron chi connectivity index (χ2n) is 5.64. The van der Waals surface area contributed by atoms with E-state index in [1.165, 1.54) is 24.1 Å². The Hall–Kier alpha value is -1.20. The molecule has 1 saturated heterocycles. The fourth-order valence-electron chi connectivity index (χ4n) is 3.03. The first-order valence-electron chi connectivity index (χ1n) is 7.24. The SMILES string of the molecule is CNc1nc([C@@H]2CCCNC2)nc2c1CN(C)CC2. The van der Waals surface area contributed by atoms with Crippen LogP contribution in [0.5, 0.6) is 0 Å². The summed E-state index contributed by atoms with van der Waals surface area (Å²) in [5, 5.41) is 6.71. The van der Waals surface area contributed by atoms with Crippen molar-refractivity contribution < 1.29 is 0 Å². The highest BCUT2D eigenvalue weighted by atomic mass is 15.1. The molecule has 104 valence electrons. The van der Waals surface area contributed by atoms with Crippen molar-refractivity contribution in [2.45, 2.75) is 31.7 Å². The van der Waals surface area contributed by atoms with Gasteiger partial charge in [0, 0.05) is 44.6 Å². The molecule has 1 fully saturated rings. The predicted molar refractivity (Wildman–Crippen MR) is 76.5 cm³/mol. The number of nitrogens with one attached hydrogen (secondary N) is 2. The van der Waals surface area contributed by atoms with Crippen LogP contribution < -0.4 is 10.6 Å². The zero-order chi connectivity index (χ0) is 13.2. The molecule has 2 aliphatic heterocycles. The zero-order valence-corrected chi connectivity index (χ0v) is 11.9. The van der Waals surface area contributed by atoms with Gasteiger partial charge in [-0.05, 0) is 26.4 Å². The Labute approximate surface area is 114 Å². The van der Waals surface area contributed by atoms with Crippen LogP contribution in [0.15, 0.2) is 0 Å². The molecule has 0 amide bonds. The number of rotatable bonds is 2. The first kappa shape index (κ1) is 12.8. The number of aromatic nitrogens is 2. The van der Waals surface area contributed by atoms with E-state index in [0.717, 1.165) is 44.2 Å². The van der Waals surface area contributed by atoms with Crippen molar-refractivity contribution in [1.82, 2.24) is 20.2 Å². The maximum atomic E-state index is 4.86. The minimum Gasteiger partial charge on any atom is -0.373 e. The van der Waals surface area contributed by atoms with E-state index < -0.39 is 0 Å². The van der Waals surface area contributed by atoms with Gasteiger partial charge in [0.2, 0.25) is 0 Å². The van der Waals surface area contributed by atoms with Gasteiger partial charge in [-0.15, -0.1) is 0 Å². The number of piperidine rings is 1. The van der Waals surface area contributed by atoms with Gasteiger partial charge in [-0.2, -0.15) is 0 Å². The summed E-state index contributed by atoms with van der Waals surface area (Å²) < 4.78 is 0. The average Bonchev–Trinajstić information content (AvgIpc) is 2.47. The first-order valence-corrected chi connectivity index (χ1v) is 7.24. The van der Waals surface area contributed by atoms with Crippen LogP contribution in [0.2, 0.25) is 0 Å². The third-order valence-electron chi connectivity index (χ3n) is 4.17. The molecule has 0 aliphatic carbocycles. The first-order chi connectivity index (χ1) is 9.28. The lowest BCUT2D eigenvalue weighted by molar-refractivity contribution is 0.308.